The number of carboxylic acid groups (broad SMARTS) is 1. The van der Waals surface area contributed by atoms with Gasteiger partial charge in [0.15, 0.2) is 0 Å². The van der Waals surface area contributed by atoms with Crippen LogP contribution in [0.4, 0.5) is 26.2 Å². The highest BCUT2D eigenvalue weighted by molar-refractivity contribution is 6.06. The van der Waals surface area contributed by atoms with Crippen molar-refractivity contribution in [3.63, 3.8) is 0 Å². The molecule has 0 saturated heterocycles. The second-order valence-corrected chi connectivity index (χ2v) is 4.20. The Bertz CT molecular complexity index is 686. The molecule has 108 valence electrons. The van der Waals surface area contributed by atoms with Crippen LogP contribution in [0.1, 0.15) is 10.4 Å². The summed E-state index contributed by atoms with van der Waals surface area (Å²) in [7, 11) is 0. The number of carbonyl (C=O) groups is 2. The smallest absolute Gasteiger partial charge is 0.409 e. The Labute approximate surface area is 119 Å². The summed E-state index contributed by atoms with van der Waals surface area (Å²) in [5, 5.41) is 13.2. The van der Waals surface area contributed by atoms with Gasteiger partial charge < -0.3 is 16.2 Å². The van der Waals surface area contributed by atoms with Crippen LogP contribution in [0.3, 0.4) is 0 Å². The number of rotatable bonds is 3. The van der Waals surface area contributed by atoms with Gasteiger partial charge in [0.2, 0.25) is 0 Å². The molecule has 2 aromatic carbocycles. The van der Waals surface area contributed by atoms with Gasteiger partial charge in [0, 0.05) is 11.3 Å². The molecule has 0 aliphatic rings. The Kier molecular flexibility index (Phi) is 4.03. The lowest BCUT2D eigenvalue weighted by atomic mass is 10.2. The molecule has 21 heavy (non-hydrogen) atoms. The van der Waals surface area contributed by atoms with Gasteiger partial charge in [0.1, 0.15) is 5.82 Å². The van der Waals surface area contributed by atoms with E-state index in [1.54, 1.807) is 12.1 Å². The SMILES string of the molecule is Nc1ccc(C(=O)Nc2ccc(F)cc2NC(=O)O)cc1. The van der Waals surface area contributed by atoms with E-state index in [-0.39, 0.29) is 11.4 Å². The van der Waals surface area contributed by atoms with Crippen LogP contribution in [0.15, 0.2) is 42.5 Å². The zero-order valence-corrected chi connectivity index (χ0v) is 10.8. The molecule has 0 aromatic heterocycles. The van der Waals surface area contributed by atoms with E-state index >= 15 is 0 Å². The first-order valence-corrected chi connectivity index (χ1v) is 5.92. The Balaban J connectivity index is 2.24. The highest BCUT2D eigenvalue weighted by Crippen LogP contribution is 2.23. The van der Waals surface area contributed by atoms with Crippen molar-refractivity contribution in [3.8, 4) is 0 Å². The number of nitrogens with two attached hydrogens (primary N) is 1. The van der Waals surface area contributed by atoms with Gasteiger partial charge in [0.05, 0.1) is 11.4 Å². The summed E-state index contributed by atoms with van der Waals surface area (Å²) < 4.78 is 13.1. The molecular weight excluding hydrogens is 277 g/mol. The van der Waals surface area contributed by atoms with Crippen molar-refractivity contribution in [1.29, 1.82) is 0 Å². The van der Waals surface area contributed by atoms with Crippen molar-refractivity contribution in [3.05, 3.63) is 53.8 Å². The average molecular weight is 289 g/mol. The van der Waals surface area contributed by atoms with Crippen molar-refractivity contribution in [1.82, 2.24) is 0 Å². The van der Waals surface area contributed by atoms with Crippen molar-refractivity contribution < 1.29 is 19.1 Å². The Morgan fingerprint density at radius 2 is 1.67 bits per heavy atom. The largest absolute Gasteiger partial charge is 0.465 e. The normalized spacial score (nSPS) is 9.95. The molecule has 0 bridgehead atoms. The predicted molar refractivity (Wildman–Crippen MR) is 76.9 cm³/mol. The van der Waals surface area contributed by atoms with Crippen LogP contribution in [0, 0.1) is 5.82 Å². The summed E-state index contributed by atoms with van der Waals surface area (Å²) in [6, 6.07) is 9.55. The lowest BCUT2D eigenvalue weighted by Gasteiger charge is -2.11. The second kappa shape index (κ2) is 5.91. The van der Waals surface area contributed by atoms with Gasteiger partial charge in [-0.25, -0.2) is 9.18 Å². The number of nitrogens with one attached hydrogen (secondary N) is 2. The van der Waals surface area contributed by atoms with Crippen molar-refractivity contribution in [2.75, 3.05) is 16.4 Å². The second-order valence-electron chi connectivity index (χ2n) is 4.20. The minimum Gasteiger partial charge on any atom is -0.465 e. The van der Waals surface area contributed by atoms with Gasteiger partial charge >= 0.3 is 6.09 Å². The van der Waals surface area contributed by atoms with E-state index in [4.69, 9.17) is 10.8 Å². The quantitative estimate of drug-likeness (QED) is 0.652. The summed E-state index contributed by atoms with van der Waals surface area (Å²) in [4.78, 5) is 22.7. The highest BCUT2D eigenvalue weighted by atomic mass is 19.1. The molecule has 0 unspecified atom stereocenters. The third-order valence-electron chi connectivity index (χ3n) is 2.64. The summed E-state index contributed by atoms with van der Waals surface area (Å²) in [5.74, 6) is -1.08. The fourth-order valence-electron chi connectivity index (χ4n) is 1.67. The third kappa shape index (κ3) is 3.69. The summed E-state index contributed by atoms with van der Waals surface area (Å²) in [5.41, 5.74) is 6.49. The first-order chi connectivity index (χ1) is 9.95. The zero-order chi connectivity index (χ0) is 15.4. The van der Waals surface area contributed by atoms with E-state index < -0.39 is 17.8 Å². The van der Waals surface area contributed by atoms with Crippen LogP contribution in [0.5, 0.6) is 0 Å². The number of hydrogen-bond donors (Lipinski definition) is 4. The summed E-state index contributed by atoms with van der Waals surface area (Å²) >= 11 is 0. The summed E-state index contributed by atoms with van der Waals surface area (Å²) in [6.45, 7) is 0. The van der Waals surface area contributed by atoms with Crippen LogP contribution >= 0.6 is 0 Å². The number of halogens is 1. The Morgan fingerprint density at radius 1 is 1.00 bits per heavy atom. The molecule has 6 nitrogen and oxygen atoms in total. The van der Waals surface area contributed by atoms with E-state index in [9.17, 15) is 14.0 Å². The molecule has 0 spiro atoms. The average Bonchev–Trinajstić information content (AvgIpc) is 2.42. The van der Waals surface area contributed by atoms with Crippen LogP contribution < -0.4 is 16.4 Å². The standard InChI is InChI=1S/C14H12FN3O3/c15-9-3-6-11(12(7-9)18-14(20)21)17-13(19)8-1-4-10(16)5-2-8/h1-7,18H,16H2,(H,17,19)(H,20,21). The molecular formula is C14H12FN3O3. The van der Waals surface area contributed by atoms with Crippen LogP contribution in [-0.2, 0) is 0 Å². The van der Waals surface area contributed by atoms with Crippen LogP contribution in [0.25, 0.3) is 0 Å². The summed E-state index contributed by atoms with van der Waals surface area (Å²) in [6.07, 6.45) is -1.36. The zero-order valence-electron chi connectivity index (χ0n) is 10.8. The number of carbonyl (C=O) groups excluding carboxylic acids is 1. The van der Waals surface area contributed by atoms with Crippen LogP contribution in [-0.4, -0.2) is 17.1 Å². The maximum absolute atomic E-state index is 13.1. The minimum atomic E-state index is -1.36. The molecule has 0 aliphatic carbocycles. The molecule has 0 saturated carbocycles. The number of nitrogen functional groups attached to an aromatic ring is 1. The molecule has 7 heteroatoms. The van der Waals surface area contributed by atoms with Crippen molar-refractivity contribution in [2.45, 2.75) is 0 Å². The lowest BCUT2D eigenvalue weighted by molar-refractivity contribution is 0.102. The van der Waals surface area contributed by atoms with E-state index in [1.165, 1.54) is 18.2 Å². The van der Waals surface area contributed by atoms with E-state index in [1.807, 2.05) is 5.32 Å². The molecule has 5 N–H and O–H groups in total. The molecule has 0 aliphatic heterocycles. The van der Waals surface area contributed by atoms with Gasteiger partial charge in [-0.2, -0.15) is 0 Å². The lowest BCUT2D eigenvalue weighted by Crippen LogP contribution is -2.15. The number of benzene rings is 2. The van der Waals surface area contributed by atoms with Crippen molar-refractivity contribution >= 4 is 29.1 Å². The molecule has 0 atom stereocenters. The topological polar surface area (TPSA) is 104 Å². The Hall–Kier alpha value is -3.09. The maximum atomic E-state index is 13.1. The molecule has 2 amide bonds. The van der Waals surface area contributed by atoms with E-state index in [0.717, 1.165) is 12.1 Å². The van der Waals surface area contributed by atoms with Crippen LogP contribution in [0.2, 0.25) is 0 Å². The third-order valence-corrected chi connectivity index (χ3v) is 2.64. The molecule has 0 fully saturated rings. The predicted octanol–water partition coefficient (Wildman–Crippen LogP) is 2.75. The maximum Gasteiger partial charge on any atom is 0.409 e. The molecule has 2 aromatic rings. The minimum absolute atomic E-state index is 0.0497. The van der Waals surface area contributed by atoms with Gasteiger partial charge in [0.25, 0.3) is 5.91 Å². The van der Waals surface area contributed by atoms with Crippen molar-refractivity contribution in [2.24, 2.45) is 0 Å². The monoisotopic (exact) mass is 289 g/mol. The Morgan fingerprint density at radius 3 is 2.29 bits per heavy atom. The van der Waals surface area contributed by atoms with Gasteiger partial charge in [-0.3, -0.25) is 10.1 Å². The fraction of sp³-hybridized carbons (Fsp3) is 0. The number of amides is 2. The molecule has 0 heterocycles. The van der Waals surface area contributed by atoms with Gasteiger partial charge in [-0.05, 0) is 42.5 Å². The van der Waals surface area contributed by atoms with Gasteiger partial charge in [-0.15, -0.1) is 0 Å². The highest BCUT2D eigenvalue weighted by Gasteiger charge is 2.11. The van der Waals surface area contributed by atoms with E-state index in [0.29, 0.717) is 11.3 Å². The fourth-order valence-corrected chi connectivity index (χ4v) is 1.67. The van der Waals surface area contributed by atoms with E-state index in [2.05, 4.69) is 5.32 Å². The van der Waals surface area contributed by atoms with Gasteiger partial charge in [-0.1, -0.05) is 0 Å². The first kappa shape index (κ1) is 14.3. The number of anilines is 3. The first-order valence-electron chi connectivity index (χ1n) is 5.92. The molecule has 0 radical (unpaired) electrons. The number of hydrogen-bond acceptors (Lipinski definition) is 3. The molecule has 2 rings (SSSR count).